The first kappa shape index (κ1) is 14.2. The summed E-state index contributed by atoms with van der Waals surface area (Å²) >= 11 is 6.77. The molecule has 1 aromatic heterocycles. The van der Waals surface area contributed by atoms with E-state index in [0.29, 0.717) is 5.56 Å². The van der Waals surface area contributed by atoms with Gasteiger partial charge in [0.25, 0.3) is 5.91 Å². The lowest BCUT2D eigenvalue weighted by molar-refractivity contribution is 0.102. The summed E-state index contributed by atoms with van der Waals surface area (Å²) in [6.07, 6.45) is 3.49. The van der Waals surface area contributed by atoms with Crippen LogP contribution in [0.3, 0.4) is 0 Å². The Bertz CT molecular complexity index is 808. The van der Waals surface area contributed by atoms with Crippen LogP contribution in [0.4, 0.5) is 5.69 Å². The molecule has 5 heteroatoms. The SMILES string of the molecule is O=C(Nc1cccc2ccncc12)c1cc(Br)cc(Br)c1. The molecule has 0 aliphatic carbocycles. The predicted octanol–water partition coefficient (Wildman–Crippen LogP) is 5.01. The molecule has 0 radical (unpaired) electrons. The average Bonchev–Trinajstić information content (AvgIpc) is 2.46. The average molecular weight is 406 g/mol. The van der Waals surface area contributed by atoms with Crippen LogP contribution < -0.4 is 5.32 Å². The van der Waals surface area contributed by atoms with E-state index in [2.05, 4.69) is 42.2 Å². The van der Waals surface area contributed by atoms with Crippen LogP contribution in [-0.4, -0.2) is 10.9 Å². The minimum atomic E-state index is -0.159. The van der Waals surface area contributed by atoms with Crippen molar-refractivity contribution in [1.29, 1.82) is 0 Å². The van der Waals surface area contributed by atoms with Gasteiger partial charge in [-0.05, 0) is 35.7 Å². The highest BCUT2D eigenvalue weighted by atomic mass is 79.9. The number of rotatable bonds is 2. The van der Waals surface area contributed by atoms with E-state index in [-0.39, 0.29) is 5.91 Å². The standard InChI is InChI=1S/C16H10Br2N2O/c17-12-6-11(7-13(18)8-12)16(21)20-15-3-1-2-10-4-5-19-9-14(10)15/h1-9H,(H,20,21). The Kier molecular flexibility index (Phi) is 4.03. The molecule has 0 unspecified atom stereocenters. The molecule has 21 heavy (non-hydrogen) atoms. The number of hydrogen-bond donors (Lipinski definition) is 1. The molecule has 0 saturated heterocycles. The first-order valence-corrected chi connectivity index (χ1v) is 7.82. The molecule has 104 valence electrons. The second-order valence-corrected chi connectivity index (χ2v) is 6.35. The Morgan fingerprint density at radius 1 is 1.05 bits per heavy atom. The van der Waals surface area contributed by atoms with Gasteiger partial charge in [0.15, 0.2) is 0 Å². The van der Waals surface area contributed by atoms with Crippen molar-refractivity contribution in [3.8, 4) is 0 Å². The van der Waals surface area contributed by atoms with Crippen LogP contribution in [0.2, 0.25) is 0 Å². The van der Waals surface area contributed by atoms with Gasteiger partial charge in [-0.3, -0.25) is 9.78 Å². The summed E-state index contributed by atoms with van der Waals surface area (Å²) in [5, 5.41) is 4.89. The van der Waals surface area contributed by atoms with Gasteiger partial charge in [-0.2, -0.15) is 0 Å². The van der Waals surface area contributed by atoms with Crippen molar-refractivity contribution in [2.45, 2.75) is 0 Å². The third-order valence-corrected chi connectivity index (χ3v) is 3.97. The summed E-state index contributed by atoms with van der Waals surface area (Å²) in [5.74, 6) is -0.159. The Labute approximate surface area is 138 Å². The Hall–Kier alpha value is -1.72. The number of nitrogens with one attached hydrogen (secondary N) is 1. The number of hydrogen-bond acceptors (Lipinski definition) is 2. The molecule has 0 aliphatic rings. The van der Waals surface area contributed by atoms with Crippen LogP contribution in [0, 0.1) is 0 Å². The van der Waals surface area contributed by atoms with E-state index in [1.54, 1.807) is 24.5 Å². The van der Waals surface area contributed by atoms with Crippen LogP contribution >= 0.6 is 31.9 Å². The van der Waals surface area contributed by atoms with E-state index in [4.69, 9.17) is 0 Å². The van der Waals surface area contributed by atoms with Gasteiger partial charge in [-0.1, -0.05) is 44.0 Å². The fourth-order valence-electron chi connectivity index (χ4n) is 2.10. The summed E-state index contributed by atoms with van der Waals surface area (Å²) < 4.78 is 1.70. The summed E-state index contributed by atoms with van der Waals surface area (Å²) in [4.78, 5) is 16.5. The zero-order chi connectivity index (χ0) is 14.8. The quantitative estimate of drug-likeness (QED) is 0.650. The number of halogens is 2. The van der Waals surface area contributed by atoms with Gasteiger partial charge in [-0.15, -0.1) is 0 Å². The van der Waals surface area contributed by atoms with Crippen molar-refractivity contribution in [1.82, 2.24) is 4.98 Å². The number of benzene rings is 2. The fourth-order valence-corrected chi connectivity index (χ4v) is 3.40. The van der Waals surface area contributed by atoms with E-state index in [1.165, 1.54) is 0 Å². The molecular formula is C16H10Br2N2O. The molecule has 0 aliphatic heterocycles. The second-order valence-electron chi connectivity index (χ2n) is 4.51. The minimum absolute atomic E-state index is 0.159. The highest BCUT2D eigenvalue weighted by Gasteiger charge is 2.10. The molecule has 0 bridgehead atoms. The monoisotopic (exact) mass is 404 g/mol. The van der Waals surface area contributed by atoms with Gasteiger partial charge < -0.3 is 5.32 Å². The van der Waals surface area contributed by atoms with Gasteiger partial charge in [0, 0.05) is 32.3 Å². The van der Waals surface area contributed by atoms with Crippen molar-refractivity contribution in [3.63, 3.8) is 0 Å². The second kappa shape index (κ2) is 5.95. The molecule has 0 fully saturated rings. The van der Waals surface area contributed by atoms with Crippen LogP contribution in [-0.2, 0) is 0 Å². The largest absolute Gasteiger partial charge is 0.321 e. The van der Waals surface area contributed by atoms with E-state index < -0.39 is 0 Å². The summed E-state index contributed by atoms with van der Waals surface area (Å²) in [6.45, 7) is 0. The molecule has 3 aromatic rings. The van der Waals surface area contributed by atoms with E-state index in [9.17, 15) is 4.79 Å². The zero-order valence-corrected chi connectivity index (χ0v) is 14.0. The number of pyridine rings is 1. The normalized spacial score (nSPS) is 10.6. The first-order chi connectivity index (χ1) is 10.1. The van der Waals surface area contributed by atoms with Crippen LogP contribution in [0.25, 0.3) is 10.8 Å². The number of carbonyl (C=O) groups excluding carboxylic acids is 1. The topological polar surface area (TPSA) is 42.0 Å². The van der Waals surface area contributed by atoms with E-state index in [0.717, 1.165) is 25.4 Å². The lowest BCUT2D eigenvalue weighted by Gasteiger charge is -2.09. The third kappa shape index (κ3) is 3.14. The van der Waals surface area contributed by atoms with E-state index >= 15 is 0 Å². The third-order valence-electron chi connectivity index (χ3n) is 3.06. The Morgan fingerprint density at radius 2 is 1.81 bits per heavy atom. The Morgan fingerprint density at radius 3 is 2.57 bits per heavy atom. The number of fused-ring (bicyclic) bond motifs is 1. The lowest BCUT2D eigenvalue weighted by Crippen LogP contribution is -2.12. The van der Waals surface area contributed by atoms with Crippen molar-refractivity contribution in [2.24, 2.45) is 0 Å². The highest BCUT2D eigenvalue weighted by Crippen LogP contribution is 2.24. The molecule has 1 heterocycles. The number of nitrogens with zero attached hydrogens (tertiary/aromatic N) is 1. The molecule has 1 N–H and O–H groups in total. The van der Waals surface area contributed by atoms with Crippen LogP contribution in [0.1, 0.15) is 10.4 Å². The van der Waals surface area contributed by atoms with Gasteiger partial charge in [-0.25, -0.2) is 0 Å². The molecule has 0 saturated carbocycles. The maximum absolute atomic E-state index is 12.4. The first-order valence-electron chi connectivity index (χ1n) is 6.24. The maximum Gasteiger partial charge on any atom is 0.255 e. The van der Waals surface area contributed by atoms with Crippen LogP contribution in [0.15, 0.2) is 63.8 Å². The Balaban J connectivity index is 1.96. The number of carbonyl (C=O) groups is 1. The number of aromatic nitrogens is 1. The minimum Gasteiger partial charge on any atom is -0.321 e. The lowest BCUT2D eigenvalue weighted by atomic mass is 10.1. The van der Waals surface area contributed by atoms with Gasteiger partial charge >= 0.3 is 0 Å². The smallest absolute Gasteiger partial charge is 0.255 e. The molecule has 0 spiro atoms. The van der Waals surface area contributed by atoms with Crippen molar-refractivity contribution in [2.75, 3.05) is 5.32 Å². The fraction of sp³-hybridized carbons (Fsp3) is 0. The zero-order valence-electron chi connectivity index (χ0n) is 10.8. The van der Waals surface area contributed by atoms with E-state index in [1.807, 2.05) is 30.3 Å². The molecule has 3 nitrogen and oxygen atoms in total. The molecule has 1 amide bonds. The molecule has 0 atom stereocenters. The maximum atomic E-state index is 12.4. The van der Waals surface area contributed by atoms with Gasteiger partial charge in [0.1, 0.15) is 0 Å². The number of amides is 1. The predicted molar refractivity (Wildman–Crippen MR) is 91.5 cm³/mol. The highest BCUT2D eigenvalue weighted by molar-refractivity contribution is 9.11. The summed E-state index contributed by atoms with van der Waals surface area (Å²) in [7, 11) is 0. The molecule has 2 aromatic carbocycles. The summed E-state index contributed by atoms with van der Waals surface area (Å²) in [6, 6.07) is 13.1. The van der Waals surface area contributed by atoms with Crippen molar-refractivity contribution < 1.29 is 4.79 Å². The van der Waals surface area contributed by atoms with Gasteiger partial charge in [0.05, 0.1) is 5.69 Å². The summed E-state index contributed by atoms with van der Waals surface area (Å²) in [5.41, 5.74) is 1.33. The number of anilines is 1. The molecule has 3 rings (SSSR count). The van der Waals surface area contributed by atoms with Crippen molar-refractivity contribution in [3.05, 3.63) is 69.4 Å². The van der Waals surface area contributed by atoms with Gasteiger partial charge in [0.2, 0.25) is 0 Å². The molecular weight excluding hydrogens is 396 g/mol. The van der Waals surface area contributed by atoms with Crippen LogP contribution in [0.5, 0.6) is 0 Å². The van der Waals surface area contributed by atoms with Crippen molar-refractivity contribution >= 4 is 54.2 Å².